The third kappa shape index (κ3) is 3.15. The third-order valence-electron chi connectivity index (χ3n) is 3.66. The minimum Gasteiger partial charge on any atom is -0.459 e. The number of amides is 1. The van der Waals surface area contributed by atoms with Gasteiger partial charge in [0.15, 0.2) is 11.4 Å². The van der Waals surface area contributed by atoms with Gasteiger partial charge in [-0.25, -0.2) is 4.98 Å². The topological polar surface area (TPSA) is 92.1 Å². The number of nitrogens with one attached hydrogen (secondary N) is 3. The van der Waals surface area contributed by atoms with Crippen LogP contribution in [0.25, 0.3) is 11.1 Å². The number of nitrogens with zero attached hydrogens (tertiary/aromatic N) is 2. The highest BCUT2D eigenvalue weighted by atomic mass is 16.3. The Morgan fingerprint density at radius 2 is 2.04 bits per heavy atom. The SMILES string of the molecule is CC(=O)Nc1cccc(Nc2nc(NC3CC3)c3occc3n2)c1. The summed E-state index contributed by atoms with van der Waals surface area (Å²) in [5.74, 6) is 1.07. The molecule has 1 amide bonds. The molecule has 1 aliphatic rings. The molecule has 1 fully saturated rings. The Balaban J connectivity index is 1.63. The molecule has 3 N–H and O–H groups in total. The standard InChI is InChI=1S/C17H17N5O2/c1-10(23)18-12-3-2-4-13(9-12)20-17-21-14-7-8-24-15(14)16(22-17)19-11-5-6-11/h2-4,7-9,11H,5-6H2,1H3,(H,18,23)(H2,19,20,21,22). The van der Waals surface area contributed by atoms with Gasteiger partial charge in [0.05, 0.1) is 6.26 Å². The molecule has 0 bridgehead atoms. The molecule has 4 rings (SSSR count). The summed E-state index contributed by atoms with van der Waals surface area (Å²) in [6.07, 6.45) is 3.90. The normalized spacial score (nSPS) is 13.7. The average Bonchev–Trinajstić information content (AvgIpc) is 3.21. The van der Waals surface area contributed by atoms with E-state index in [1.54, 1.807) is 6.26 Å². The van der Waals surface area contributed by atoms with Gasteiger partial charge in [-0.2, -0.15) is 4.98 Å². The smallest absolute Gasteiger partial charge is 0.229 e. The first-order chi connectivity index (χ1) is 11.7. The number of rotatable bonds is 5. The number of carbonyl (C=O) groups is 1. The zero-order valence-corrected chi connectivity index (χ0v) is 13.2. The van der Waals surface area contributed by atoms with E-state index in [9.17, 15) is 4.79 Å². The lowest BCUT2D eigenvalue weighted by Gasteiger charge is -2.10. The maximum atomic E-state index is 11.2. The number of carbonyl (C=O) groups excluding carboxylic acids is 1. The van der Waals surface area contributed by atoms with E-state index >= 15 is 0 Å². The number of hydrogen-bond acceptors (Lipinski definition) is 6. The molecule has 122 valence electrons. The molecule has 0 spiro atoms. The summed E-state index contributed by atoms with van der Waals surface area (Å²) in [6, 6.07) is 9.68. The molecule has 2 aromatic heterocycles. The first kappa shape index (κ1) is 14.5. The summed E-state index contributed by atoms with van der Waals surface area (Å²) in [6.45, 7) is 1.48. The van der Waals surface area contributed by atoms with Crippen LogP contribution >= 0.6 is 0 Å². The van der Waals surface area contributed by atoms with E-state index in [1.165, 1.54) is 6.92 Å². The van der Waals surface area contributed by atoms with Gasteiger partial charge < -0.3 is 20.4 Å². The van der Waals surface area contributed by atoms with Crippen molar-refractivity contribution in [3.63, 3.8) is 0 Å². The van der Waals surface area contributed by atoms with Gasteiger partial charge in [0.2, 0.25) is 11.9 Å². The molecular formula is C17H17N5O2. The van der Waals surface area contributed by atoms with Gasteiger partial charge >= 0.3 is 0 Å². The molecule has 7 nitrogen and oxygen atoms in total. The Morgan fingerprint density at radius 1 is 1.21 bits per heavy atom. The molecule has 0 radical (unpaired) electrons. The monoisotopic (exact) mass is 323 g/mol. The quantitative estimate of drug-likeness (QED) is 0.665. The van der Waals surface area contributed by atoms with E-state index in [2.05, 4.69) is 25.9 Å². The summed E-state index contributed by atoms with van der Waals surface area (Å²) < 4.78 is 5.48. The molecule has 0 unspecified atom stereocenters. The Kier molecular flexibility index (Phi) is 3.53. The highest BCUT2D eigenvalue weighted by molar-refractivity contribution is 5.89. The molecule has 7 heteroatoms. The first-order valence-corrected chi connectivity index (χ1v) is 7.84. The Labute approximate surface area is 138 Å². The largest absolute Gasteiger partial charge is 0.459 e. The van der Waals surface area contributed by atoms with Crippen molar-refractivity contribution in [2.75, 3.05) is 16.0 Å². The molecule has 1 saturated carbocycles. The molecule has 24 heavy (non-hydrogen) atoms. The van der Waals surface area contributed by atoms with E-state index in [-0.39, 0.29) is 5.91 Å². The summed E-state index contributed by atoms with van der Waals surface area (Å²) in [5.41, 5.74) is 2.92. The van der Waals surface area contributed by atoms with Crippen molar-refractivity contribution < 1.29 is 9.21 Å². The zero-order valence-electron chi connectivity index (χ0n) is 13.2. The molecule has 2 heterocycles. The Hall–Kier alpha value is -3.09. The van der Waals surface area contributed by atoms with Crippen LogP contribution in [0.5, 0.6) is 0 Å². The van der Waals surface area contributed by atoms with Crippen LogP contribution in [-0.4, -0.2) is 21.9 Å². The Morgan fingerprint density at radius 3 is 2.83 bits per heavy atom. The average molecular weight is 323 g/mol. The number of aromatic nitrogens is 2. The van der Waals surface area contributed by atoms with Crippen molar-refractivity contribution in [2.45, 2.75) is 25.8 Å². The summed E-state index contributed by atoms with van der Waals surface area (Å²) in [5, 5.41) is 9.30. The minimum absolute atomic E-state index is 0.112. The van der Waals surface area contributed by atoms with Crippen molar-refractivity contribution in [1.82, 2.24) is 9.97 Å². The maximum absolute atomic E-state index is 11.2. The van der Waals surface area contributed by atoms with Crippen LogP contribution in [0.1, 0.15) is 19.8 Å². The number of benzene rings is 1. The van der Waals surface area contributed by atoms with Crippen LogP contribution in [0, 0.1) is 0 Å². The van der Waals surface area contributed by atoms with Crippen LogP contribution in [0.2, 0.25) is 0 Å². The maximum Gasteiger partial charge on any atom is 0.229 e. The fraction of sp³-hybridized carbons (Fsp3) is 0.235. The minimum atomic E-state index is -0.112. The van der Waals surface area contributed by atoms with Crippen molar-refractivity contribution in [3.8, 4) is 0 Å². The molecule has 1 aliphatic carbocycles. The first-order valence-electron chi connectivity index (χ1n) is 7.84. The van der Waals surface area contributed by atoms with Crippen LogP contribution < -0.4 is 16.0 Å². The van der Waals surface area contributed by atoms with E-state index in [0.717, 1.165) is 24.0 Å². The molecule has 0 atom stereocenters. The van der Waals surface area contributed by atoms with Crippen molar-refractivity contribution in [2.24, 2.45) is 0 Å². The molecule has 1 aromatic carbocycles. The van der Waals surface area contributed by atoms with Crippen molar-refractivity contribution >= 4 is 40.1 Å². The molecular weight excluding hydrogens is 306 g/mol. The second-order valence-corrected chi connectivity index (χ2v) is 5.84. The number of anilines is 4. The van der Waals surface area contributed by atoms with Gasteiger partial charge in [-0.05, 0) is 31.0 Å². The Bertz CT molecular complexity index is 901. The number of furan rings is 1. The third-order valence-corrected chi connectivity index (χ3v) is 3.66. The van der Waals surface area contributed by atoms with Crippen molar-refractivity contribution in [3.05, 3.63) is 36.6 Å². The highest BCUT2D eigenvalue weighted by Gasteiger charge is 2.23. The fourth-order valence-corrected chi connectivity index (χ4v) is 2.45. The zero-order chi connectivity index (χ0) is 16.5. The predicted octanol–water partition coefficient (Wildman–Crippen LogP) is 3.50. The summed E-state index contributed by atoms with van der Waals surface area (Å²) in [4.78, 5) is 20.2. The highest BCUT2D eigenvalue weighted by Crippen LogP contribution is 2.30. The summed E-state index contributed by atoms with van der Waals surface area (Å²) in [7, 11) is 0. The number of fused-ring (bicyclic) bond motifs is 1. The molecule has 3 aromatic rings. The van der Waals surface area contributed by atoms with E-state index in [1.807, 2.05) is 30.3 Å². The van der Waals surface area contributed by atoms with Crippen LogP contribution in [0.15, 0.2) is 41.0 Å². The number of hydrogen-bond donors (Lipinski definition) is 3. The fourth-order valence-electron chi connectivity index (χ4n) is 2.45. The predicted molar refractivity (Wildman–Crippen MR) is 92.5 cm³/mol. The van der Waals surface area contributed by atoms with E-state index in [0.29, 0.717) is 29.1 Å². The lowest BCUT2D eigenvalue weighted by Crippen LogP contribution is -2.07. The van der Waals surface area contributed by atoms with E-state index in [4.69, 9.17) is 4.42 Å². The lowest BCUT2D eigenvalue weighted by molar-refractivity contribution is -0.114. The second-order valence-electron chi connectivity index (χ2n) is 5.84. The van der Waals surface area contributed by atoms with Gasteiger partial charge in [-0.15, -0.1) is 0 Å². The lowest BCUT2D eigenvalue weighted by atomic mass is 10.2. The van der Waals surface area contributed by atoms with Gasteiger partial charge in [0.25, 0.3) is 0 Å². The van der Waals surface area contributed by atoms with Gasteiger partial charge in [0.1, 0.15) is 5.52 Å². The molecule has 0 saturated heterocycles. The van der Waals surface area contributed by atoms with Crippen LogP contribution in [0.3, 0.4) is 0 Å². The van der Waals surface area contributed by atoms with Crippen molar-refractivity contribution in [1.29, 1.82) is 0 Å². The van der Waals surface area contributed by atoms with Crippen LogP contribution in [-0.2, 0) is 4.79 Å². The van der Waals surface area contributed by atoms with Gasteiger partial charge in [0, 0.05) is 30.4 Å². The van der Waals surface area contributed by atoms with Gasteiger partial charge in [-0.1, -0.05) is 6.07 Å². The van der Waals surface area contributed by atoms with E-state index < -0.39 is 0 Å². The van der Waals surface area contributed by atoms with Gasteiger partial charge in [-0.3, -0.25) is 4.79 Å². The second kappa shape index (κ2) is 5.84. The summed E-state index contributed by atoms with van der Waals surface area (Å²) >= 11 is 0. The van der Waals surface area contributed by atoms with Crippen LogP contribution in [0.4, 0.5) is 23.1 Å². The molecule has 0 aliphatic heterocycles.